The summed E-state index contributed by atoms with van der Waals surface area (Å²) in [7, 11) is 0. The molecule has 0 aromatic rings. The van der Waals surface area contributed by atoms with Crippen LogP contribution in [0.4, 0.5) is 0 Å². The molecule has 4 nitrogen and oxygen atoms in total. The van der Waals surface area contributed by atoms with Gasteiger partial charge in [0, 0.05) is 0 Å². The molecular formula is C12H26O4S2. The summed E-state index contributed by atoms with van der Waals surface area (Å²) in [4.78, 5) is 20.5. The van der Waals surface area contributed by atoms with Gasteiger partial charge in [0.2, 0.25) is 0 Å². The molecule has 0 spiro atoms. The molecule has 0 aliphatic heterocycles. The molecule has 0 bridgehead atoms. The maximum Gasteiger partial charge on any atom is 0.309 e. The van der Waals surface area contributed by atoms with E-state index in [1.165, 1.54) is 0 Å². The van der Waals surface area contributed by atoms with Crippen molar-refractivity contribution in [3.8, 4) is 0 Å². The van der Waals surface area contributed by atoms with Crippen molar-refractivity contribution in [3.05, 3.63) is 0 Å². The molecule has 18 heavy (non-hydrogen) atoms. The third-order valence-electron chi connectivity index (χ3n) is 2.93. The van der Waals surface area contributed by atoms with Gasteiger partial charge in [-0.05, 0) is 40.5 Å². The van der Waals surface area contributed by atoms with E-state index in [9.17, 15) is 9.59 Å². The molecule has 0 saturated heterocycles. The van der Waals surface area contributed by atoms with Crippen LogP contribution in [-0.4, -0.2) is 22.2 Å². The second kappa shape index (κ2) is 10.6. The zero-order valence-electron chi connectivity index (χ0n) is 12.0. The van der Waals surface area contributed by atoms with Crippen LogP contribution in [0.25, 0.3) is 0 Å². The van der Waals surface area contributed by atoms with Gasteiger partial charge in [-0.15, -0.1) is 23.3 Å². The lowest BCUT2D eigenvalue weighted by Crippen LogP contribution is -2.21. The van der Waals surface area contributed by atoms with Gasteiger partial charge in [0.1, 0.15) is 0 Å². The molecule has 110 valence electrons. The quantitative estimate of drug-likeness (QED) is 0.471. The van der Waals surface area contributed by atoms with Gasteiger partial charge in [-0.2, -0.15) is 0 Å². The van der Waals surface area contributed by atoms with Gasteiger partial charge >= 0.3 is 11.9 Å². The Morgan fingerprint density at radius 3 is 1.00 bits per heavy atom. The zero-order chi connectivity index (χ0) is 15.6. The summed E-state index contributed by atoms with van der Waals surface area (Å²) in [5.74, 6) is -1.44. The Morgan fingerprint density at radius 1 is 0.833 bits per heavy atom. The van der Waals surface area contributed by atoms with Gasteiger partial charge in [0.15, 0.2) is 0 Å². The number of rotatable bonds is 4. The Labute approximate surface area is 120 Å². The highest BCUT2D eigenvalue weighted by Gasteiger charge is 2.24. The van der Waals surface area contributed by atoms with Crippen LogP contribution in [0, 0.1) is 10.8 Å². The van der Waals surface area contributed by atoms with Gasteiger partial charge in [0.25, 0.3) is 0 Å². The summed E-state index contributed by atoms with van der Waals surface area (Å²) in [5.41, 5.74) is -1.08. The molecule has 0 radical (unpaired) electrons. The second-order valence-corrected chi connectivity index (χ2v) is 5.09. The van der Waals surface area contributed by atoms with Crippen molar-refractivity contribution in [2.24, 2.45) is 10.8 Å². The Morgan fingerprint density at radius 2 is 1.00 bits per heavy atom. The molecular weight excluding hydrogens is 272 g/mol. The lowest BCUT2D eigenvalue weighted by atomic mass is 9.91. The summed E-state index contributed by atoms with van der Waals surface area (Å²) in [6.45, 7) is 10.6. The molecule has 0 rings (SSSR count). The highest BCUT2D eigenvalue weighted by atomic mass is 33.1. The molecule has 0 aromatic carbocycles. The van der Waals surface area contributed by atoms with Crippen LogP contribution in [0.3, 0.4) is 0 Å². The summed E-state index contributed by atoms with van der Waals surface area (Å²) >= 11 is 6.44. The smallest absolute Gasteiger partial charge is 0.309 e. The first-order valence-electron chi connectivity index (χ1n) is 5.68. The van der Waals surface area contributed by atoms with Crippen molar-refractivity contribution >= 4 is 35.3 Å². The molecule has 0 aromatic heterocycles. The zero-order valence-corrected chi connectivity index (χ0v) is 13.8. The van der Waals surface area contributed by atoms with Gasteiger partial charge < -0.3 is 10.2 Å². The summed E-state index contributed by atoms with van der Waals surface area (Å²) in [6, 6.07) is 0. The number of carboxylic acids is 2. The average Bonchev–Trinajstić information content (AvgIpc) is 2.32. The van der Waals surface area contributed by atoms with E-state index in [0.717, 1.165) is 0 Å². The van der Waals surface area contributed by atoms with E-state index in [1.807, 2.05) is 13.8 Å². The van der Waals surface area contributed by atoms with E-state index in [2.05, 4.69) is 23.3 Å². The molecule has 0 fully saturated rings. The number of carbonyl (C=O) groups is 2. The Balaban J connectivity index is -0.000000219. The SMILES string of the molecule is CCC(C)(C)C(=O)O.CCC(C)(C)C(=O)O.SS. The Bertz CT molecular complexity index is 224. The van der Waals surface area contributed by atoms with Crippen LogP contribution in [0.2, 0.25) is 0 Å². The first-order chi connectivity index (χ1) is 8.01. The van der Waals surface area contributed by atoms with Crippen LogP contribution in [-0.2, 0) is 9.59 Å². The maximum absolute atomic E-state index is 10.3. The molecule has 0 atom stereocenters. The largest absolute Gasteiger partial charge is 0.481 e. The molecule has 0 aliphatic rings. The minimum atomic E-state index is -0.722. The third kappa shape index (κ3) is 10.8. The van der Waals surface area contributed by atoms with Crippen molar-refractivity contribution < 1.29 is 19.8 Å². The maximum atomic E-state index is 10.3. The van der Waals surface area contributed by atoms with E-state index < -0.39 is 22.8 Å². The number of carboxylic acid groups (broad SMARTS) is 2. The van der Waals surface area contributed by atoms with Gasteiger partial charge in [-0.1, -0.05) is 13.8 Å². The highest BCUT2D eigenvalue weighted by molar-refractivity contribution is 8.59. The third-order valence-corrected chi connectivity index (χ3v) is 2.93. The van der Waals surface area contributed by atoms with Gasteiger partial charge in [0.05, 0.1) is 10.8 Å². The van der Waals surface area contributed by atoms with Crippen LogP contribution >= 0.6 is 23.3 Å². The number of hydrogen-bond acceptors (Lipinski definition) is 4. The van der Waals surface area contributed by atoms with E-state index in [-0.39, 0.29) is 0 Å². The number of thiol groups is 2. The van der Waals surface area contributed by atoms with Crippen LogP contribution in [0.15, 0.2) is 0 Å². The first kappa shape index (κ1) is 22.8. The first-order valence-corrected chi connectivity index (χ1v) is 7.28. The molecule has 0 amide bonds. The summed E-state index contributed by atoms with van der Waals surface area (Å²) in [6.07, 6.45) is 1.37. The Hall–Kier alpha value is -0.360. The fraction of sp³-hybridized carbons (Fsp3) is 0.833. The van der Waals surface area contributed by atoms with Crippen LogP contribution in [0.1, 0.15) is 54.4 Å². The molecule has 6 heteroatoms. The molecule has 0 aliphatic carbocycles. The number of aliphatic carboxylic acids is 2. The minimum Gasteiger partial charge on any atom is -0.481 e. The summed E-state index contributed by atoms with van der Waals surface area (Å²) < 4.78 is 0. The topological polar surface area (TPSA) is 74.6 Å². The van der Waals surface area contributed by atoms with Gasteiger partial charge in [-0.3, -0.25) is 9.59 Å². The van der Waals surface area contributed by atoms with E-state index in [0.29, 0.717) is 12.8 Å². The van der Waals surface area contributed by atoms with Crippen molar-refractivity contribution in [1.29, 1.82) is 0 Å². The van der Waals surface area contributed by atoms with Crippen molar-refractivity contribution in [3.63, 3.8) is 0 Å². The minimum absolute atomic E-state index is 0.542. The molecule has 0 unspecified atom stereocenters. The molecule has 0 saturated carbocycles. The number of hydrogen-bond donors (Lipinski definition) is 4. The normalized spacial score (nSPS) is 10.4. The van der Waals surface area contributed by atoms with Crippen molar-refractivity contribution in [1.82, 2.24) is 0 Å². The fourth-order valence-corrected chi connectivity index (χ4v) is 0.302. The van der Waals surface area contributed by atoms with Crippen LogP contribution < -0.4 is 0 Å². The van der Waals surface area contributed by atoms with E-state index in [1.54, 1.807) is 27.7 Å². The van der Waals surface area contributed by atoms with E-state index in [4.69, 9.17) is 10.2 Å². The molecule has 0 heterocycles. The van der Waals surface area contributed by atoms with Crippen molar-refractivity contribution in [2.75, 3.05) is 0 Å². The van der Waals surface area contributed by atoms with Gasteiger partial charge in [-0.25, -0.2) is 0 Å². The monoisotopic (exact) mass is 298 g/mol. The van der Waals surface area contributed by atoms with Crippen molar-refractivity contribution in [2.45, 2.75) is 54.4 Å². The Kier molecular flexibility index (Phi) is 13.4. The molecule has 2 N–H and O–H groups in total. The highest BCUT2D eigenvalue weighted by Crippen LogP contribution is 2.19. The average molecular weight is 298 g/mol. The predicted molar refractivity (Wildman–Crippen MR) is 81.4 cm³/mol. The second-order valence-electron chi connectivity index (χ2n) is 5.09. The standard InChI is InChI=1S/2C6H12O2.H2S2/c2*1-4-6(2,3)5(7)8;1-2/h2*4H2,1-3H3,(H,7,8);1-2H. The van der Waals surface area contributed by atoms with E-state index >= 15 is 0 Å². The predicted octanol–water partition coefficient (Wildman–Crippen LogP) is 3.78. The fourth-order valence-electron chi connectivity index (χ4n) is 0.302. The summed E-state index contributed by atoms with van der Waals surface area (Å²) in [5, 5.41) is 16.9. The van der Waals surface area contributed by atoms with Crippen LogP contribution in [0.5, 0.6) is 0 Å². The lowest BCUT2D eigenvalue weighted by Gasteiger charge is -2.14. The lowest BCUT2D eigenvalue weighted by molar-refractivity contribution is -0.147.